The van der Waals surface area contributed by atoms with Gasteiger partial charge in [0.25, 0.3) is 0 Å². The van der Waals surface area contributed by atoms with Gasteiger partial charge in [-0.25, -0.2) is 13.6 Å². The van der Waals surface area contributed by atoms with Crippen molar-refractivity contribution >= 4 is 11.7 Å². The molecule has 0 bridgehead atoms. The maximum atomic E-state index is 14.1. The predicted octanol–water partition coefficient (Wildman–Crippen LogP) is 2.58. The Balaban J connectivity index is 2.27. The minimum atomic E-state index is -1.34. The summed E-state index contributed by atoms with van der Waals surface area (Å²) in [6.45, 7) is 0.500. The molecule has 0 amide bonds. The van der Waals surface area contributed by atoms with Crippen molar-refractivity contribution in [2.24, 2.45) is 0 Å². The SMILES string of the molecule is CN(CC1(N(C)C)CCC1)c1c(F)cc(C(=O)O)cc1F. The number of aromatic carboxylic acids is 1. The van der Waals surface area contributed by atoms with Gasteiger partial charge in [0.2, 0.25) is 0 Å². The fourth-order valence-electron chi connectivity index (χ4n) is 2.91. The van der Waals surface area contributed by atoms with Gasteiger partial charge < -0.3 is 14.9 Å². The number of carboxylic acids is 1. The van der Waals surface area contributed by atoms with Crippen molar-refractivity contribution in [1.82, 2.24) is 4.90 Å². The number of halogens is 2. The number of carbonyl (C=O) groups is 1. The van der Waals surface area contributed by atoms with Gasteiger partial charge in [0.15, 0.2) is 0 Å². The van der Waals surface area contributed by atoms with Crippen LogP contribution in [0, 0.1) is 11.6 Å². The van der Waals surface area contributed by atoms with Gasteiger partial charge in [0, 0.05) is 19.1 Å². The van der Waals surface area contributed by atoms with Crippen LogP contribution in [0.4, 0.5) is 14.5 Å². The number of carboxylic acid groups (broad SMARTS) is 1. The van der Waals surface area contributed by atoms with E-state index < -0.39 is 17.6 Å². The second-order valence-electron chi connectivity index (χ2n) is 5.92. The molecule has 0 aromatic heterocycles. The molecule has 1 aliphatic carbocycles. The van der Waals surface area contributed by atoms with Crippen LogP contribution in [0.3, 0.4) is 0 Å². The van der Waals surface area contributed by atoms with Gasteiger partial charge in [0.1, 0.15) is 17.3 Å². The lowest BCUT2D eigenvalue weighted by Gasteiger charge is -2.49. The molecule has 1 N–H and O–H groups in total. The van der Waals surface area contributed by atoms with Gasteiger partial charge in [-0.3, -0.25) is 0 Å². The Morgan fingerprint density at radius 1 is 1.24 bits per heavy atom. The molecule has 21 heavy (non-hydrogen) atoms. The van der Waals surface area contributed by atoms with E-state index in [2.05, 4.69) is 4.90 Å². The molecule has 6 heteroatoms. The molecule has 1 saturated carbocycles. The molecule has 0 aliphatic heterocycles. The monoisotopic (exact) mass is 298 g/mol. The van der Waals surface area contributed by atoms with Crippen molar-refractivity contribution < 1.29 is 18.7 Å². The Morgan fingerprint density at radius 2 is 1.76 bits per heavy atom. The fraction of sp³-hybridized carbons (Fsp3) is 0.533. The number of anilines is 1. The lowest BCUT2D eigenvalue weighted by atomic mass is 9.75. The third kappa shape index (κ3) is 2.85. The number of nitrogens with zero attached hydrogens (tertiary/aromatic N) is 2. The zero-order valence-electron chi connectivity index (χ0n) is 12.5. The number of hydrogen-bond acceptors (Lipinski definition) is 3. The van der Waals surface area contributed by atoms with Crippen LogP contribution in [-0.2, 0) is 0 Å². The van der Waals surface area contributed by atoms with E-state index in [0.29, 0.717) is 6.54 Å². The maximum Gasteiger partial charge on any atom is 0.335 e. The molecule has 0 unspecified atom stereocenters. The number of rotatable bonds is 5. The van der Waals surface area contributed by atoms with Gasteiger partial charge in [-0.2, -0.15) is 0 Å². The summed E-state index contributed by atoms with van der Waals surface area (Å²) >= 11 is 0. The van der Waals surface area contributed by atoms with Crippen LogP contribution in [0.15, 0.2) is 12.1 Å². The van der Waals surface area contributed by atoms with Gasteiger partial charge in [-0.1, -0.05) is 0 Å². The Kier molecular flexibility index (Phi) is 4.18. The molecule has 1 aliphatic rings. The molecular weight excluding hydrogens is 278 g/mol. The highest BCUT2D eigenvalue weighted by atomic mass is 19.1. The molecule has 4 nitrogen and oxygen atoms in total. The van der Waals surface area contributed by atoms with Gasteiger partial charge in [-0.05, 0) is 45.5 Å². The van der Waals surface area contributed by atoms with Gasteiger partial charge in [-0.15, -0.1) is 0 Å². The van der Waals surface area contributed by atoms with Crippen LogP contribution in [0.25, 0.3) is 0 Å². The summed E-state index contributed by atoms with van der Waals surface area (Å²) in [5.41, 5.74) is -0.625. The molecule has 0 heterocycles. The fourth-order valence-corrected chi connectivity index (χ4v) is 2.91. The number of benzene rings is 1. The average Bonchev–Trinajstić information content (AvgIpc) is 2.32. The van der Waals surface area contributed by atoms with Crippen molar-refractivity contribution in [3.8, 4) is 0 Å². The number of likely N-dealkylation sites (N-methyl/N-ethyl adjacent to an activating group) is 2. The quantitative estimate of drug-likeness (QED) is 0.907. The normalized spacial score (nSPS) is 16.7. The third-order valence-electron chi connectivity index (χ3n) is 4.41. The van der Waals surface area contributed by atoms with Crippen LogP contribution in [0.2, 0.25) is 0 Å². The Bertz CT molecular complexity index is 534. The predicted molar refractivity (Wildman–Crippen MR) is 76.9 cm³/mol. The van der Waals surface area contributed by atoms with Crippen LogP contribution < -0.4 is 4.90 Å². The second-order valence-corrected chi connectivity index (χ2v) is 5.92. The van der Waals surface area contributed by atoms with E-state index in [4.69, 9.17) is 5.11 Å². The third-order valence-corrected chi connectivity index (χ3v) is 4.41. The van der Waals surface area contributed by atoms with E-state index in [1.807, 2.05) is 14.1 Å². The van der Waals surface area contributed by atoms with Crippen molar-refractivity contribution in [3.05, 3.63) is 29.3 Å². The molecule has 116 valence electrons. The molecular formula is C15H20F2N2O2. The van der Waals surface area contributed by atoms with Crippen molar-refractivity contribution in [2.45, 2.75) is 24.8 Å². The highest BCUT2D eigenvalue weighted by Crippen LogP contribution is 2.38. The molecule has 0 spiro atoms. The first-order valence-corrected chi connectivity index (χ1v) is 6.88. The maximum absolute atomic E-state index is 14.1. The zero-order chi connectivity index (χ0) is 15.8. The van der Waals surface area contributed by atoms with E-state index in [0.717, 1.165) is 31.4 Å². The van der Waals surface area contributed by atoms with Crippen molar-refractivity contribution in [3.63, 3.8) is 0 Å². The first-order valence-electron chi connectivity index (χ1n) is 6.88. The largest absolute Gasteiger partial charge is 0.478 e. The zero-order valence-corrected chi connectivity index (χ0v) is 12.5. The summed E-state index contributed by atoms with van der Waals surface area (Å²) in [6.07, 6.45) is 3.08. The summed E-state index contributed by atoms with van der Waals surface area (Å²) in [6, 6.07) is 1.72. The van der Waals surface area contributed by atoms with E-state index in [1.165, 1.54) is 4.90 Å². The average molecular weight is 298 g/mol. The Hall–Kier alpha value is -1.69. The summed E-state index contributed by atoms with van der Waals surface area (Å²) in [5.74, 6) is -3.03. The first kappa shape index (κ1) is 15.7. The van der Waals surface area contributed by atoms with Crippen molar-refractivity contribution in [1.29, 1.82) is 0 Å². The Morgan fingerprint density at radius 3 is 2.10 bits per heavy atom. The summed E-state index contributed by atoms with van der Waals surface area (Å²) < 4.78 is 28.1. The molecule has 0 saturated heterocycles. The highest BCUT2D eigenvalue weighted by molar-refractivity contribution is 5.88. The van der Waals surface area contributed by atoms with Crippen LogP contribution in [-0.4, -0.2) is 49.2 Å². The van der Waals surface area contributed by atoms with Crippen LogP contribution >= 0.6 is 0 Å². The standard InChI is InChI=1S/C15H20F2N2O2/c1-18(2)15(5-4-6-15)9-19(3)13-11(16)7-10(14(20)21)8-12(13)17/h7-8H,4-6,9H2,1-3H3,(H,20,21). The molecule has 1 fully saturated rings. The smallest absolute Gasteiger partial charge is 0.335 e. The molecule has 2 rings (SSSR count). The van der Waals surface area contributed by atoms with Crippen LogP contribution in [0.1, 0.15) is 29.6 Å². The topological polar surface area (TPSA) is 43.8 Å². The lowest BCUT2D eigenvalue weighted by molar-refractivity contribution is 0.0678. The minimum Gasteiger partial charge on any atom is -0.478 e. The minimum absolute atomic E-state index is 0.0703. The molecule has 0 atom stereocenters. The highest BCUT2D eigenvalue weighted by Gasteiger charge is 2.40. The first-order chi connectivity index (χ1) is 9.77. The van der Waals surface area contributed by atoms with Gasteiger partial charge in [0.05, 0.1) is 5.56 Å². The summed E-state index contributed by atoms with van der Waals surface area (Å²) in [7, 11) is 5.56. The van der Waals surface area contributed by atoms with E-state index in [9.17, 15) is 13.6 Å². The lowest BCUT2D eigenvalue weighted by Crippen LogP contribution is -2.57. The second kappa shape index (κ2) is 5.60. The van der Waals surface area contributed by atoms with E-state index in [1.54, 1.807) is 7.05 Å². The number of hydrogen-bond donors (Lipinski definition) is 1. The molecule has 1 aromatic carbocycles. The summed E-state index contributed by atoms with van der Waals surface area (Å²) in [5, 5.41) is 8.82. The summed E-state index contributed by atoms with van der Waals surface area (Å²) in [4.78, 5) is 14.4. The van der Waals surface area contributed by atoms with Crippen LogP contribution in [0.5, 0.6) is 0 Å². The van der Waals surface area contributed by atoms with E-state index in [-0.39, 0.29) is 16.8 Å². The van der Waals surface area contributed by atoms with Crippen molar-refractivity contribution in [2.75, 3.05) is 32.6 Å². The molecule has 0 radical (unpaired) electrons. The van der Waals surface area contributed by atoms with Gasteiger partial charge >= 0.3 is 5.97 Å². The Labute approximate surface area is 123 Å². The van der Waals surface area contributed by atoms with E-state index >= 15 is 0 Å². The molecule has 1 aromatic rings.